The second-order valence-electron chi connectivity index (χ2n) is 5.26. The molecule has 0 spiro atoms. The maximum Gasteiger partial charge on any atom is 0.254 e. The van der Waals surface area contributed by atoms with Crippen LogP contribution < -0.4 is 0 Å². The van der Waals surface area contributed by atoms with E-state index < -0.39 is 0 Å². The summed E-state index contributed by atoms with van der Waals surface area (Å²) in [5.74, 6) is 1.24. The minimum atomic E-state index is 0.107. The predicted molar refractivity (Wildman–Crippen MR) is 83.2 cm³/mol. The summed E-state index contributed by atoms with van der Waals surface area (Å²) in [6, 6.07) is 5.92. The highest BCUT2D eigenvalue weighted by molar-refractivity contribution is 9.10. The van der Waals surface area contributed by atoms with Gasteiger partial charge < -0.3 is 4.90 Å². The molecule has 6 heteroatoms. The van der Waals surface area contributed by atoms with Crippen molar-refractivity contribution in [3.8, 4) is 0 Å². The number of aromatic amines is 1. The van der Waals surface area contributed by atoms with Crippen molar-refractivity contribution in [2.75, 3.05) is 13.1 Å². The summed E-state index contributed by atoms with van der Waals surface area (Å²) >= 11 is 3.45. The normalized spacial score (nSPS) is 18.2. The molecule has 1 atom stereocenters. The van der Waals surface area contributed by atoms with E-state index in [1.54, 1.807) is 0 Å². The molecule has 1 fully saturated rings. The number of carbonyl (C=O) groups excluding carboxylic acids is 1. The van der Waals surface area contributed by atoms with Gasteiger partial charge in [0, 0.05) is 29.0 Å². The van der Waals surface area contributed by atoms with Gasteiger partial charge in [0.15, 0.2) is 0 Å². The van der Waals surface area contributed by atoms with Crippen molar-refractivity contribution >= 4 is 21.8 Å². The zero-order valence-corrected chi connectivity index (χ0v) is 13.4. The number of H-pyrrole nitrogens is 1. The standard InChI is InChI=1S/C15H17BrN4O/c1-2-10-3-4-12(16)7-13(10)15(21)20-6-5-11(8-20)14-17-9-18-19-14/h3-4,7,9,11H,2,5-6,8H2,1H3,(H,17,18,19). The van der Waals surface area contributed by atoms with Gasteiger partial charge >= 0.3 is 0 Å². The van der Waals surface area contributed by atoms with Gasteiger partial charge in [0.2, 0.25) is 0 Å². The highest BCUT2D eigenvalue weighted by Crippen LogP contribution is 2.27. The monoisotopic (exact) mass is 348 g/mol. The molecule has 3 rings (SSSR count). The zero-order valence-electron chi connectivity index (χ0n) is 11.8. The first-order chi connectivity index (χ1) is 10.2. The largest absolute Gasteiger partial charge is 0.338 e. The maximum atomic E-state index is 12.8. The highest BCUT2D eigenvalue weighted by Gasteiger charge is 2.30. The summed E-state index contributed by atoms with van der Waals surface area (Å²) in [6.45, 7) is 3.53. The van der Waals surface area contributed by atoms with E-state index in [2.05, 4.69) is 38.0 Å². The van der Waals surface area contributed by atoms with E-state index in [4.69, 9.17) is 0 Å². The van der Waals surface area contributed by atoms with Gasteiger partial charge in [-0.15, -0.1) is 0 Å². The van der Waals surface area contributed by atoms with Gasteiger partial charge in [-0.2, -0.15) is 5.10 Å². The molecule has 1 aromatic carbocycles. The minimum absolute atomic E-state index is 0.107. The molecule has 0 radical (unpaired) electrons. The van der Waals surface area contributed by atoms with Gasteiger partial charge in [0.05, 0.1) is 0 Å². The third-order valence-corrected chi connectivity index (χ3v) is 4.47. The third-order valence-electron chi connectivity index (χ3n) is 3.98. The zero-order chi connectivity index (χ0) is 14.8. The Morgan fingerprint density at radius 3 is 3.10 bits per heavy atom. The summed E-state index contributed by atoms with van der Waals surface area (Å²) in [5.41, 5.74) is 1.89. The molecule has 1 aromatic heterocycles. The van der Waals surface area contributed by atoms with Gasteiger partial charge in [0.25, 0.3) is 5.91 Å². The molecule has 110 valence electrons. The molecular weight excluding hydrogens is 332 g/mol. The Hall–Kier alpha value is -1.69. The van der Waals surface area contributed by atoms with Gasteiger partial charge in [-0.05, 0) is 30.5 Å². The maximum absolute atomic E-state index is 12.8. The molecule has 0 bridgehead atoms. The number of aryl methyl sites for hydroxylation is 1. The second kappa shape index (κ2) is 5.97. The van der Waals surface area contributed by atoms with Crippen LogP contribution in [0.25, 0.3) is 0 Å². The van der Waals surface area contributed by atoms with Crippen molar-refractivity contribution in [3.63, 3.8) is 0 Å². The fourth-order valence-corrected chi connectivity index (χ4v) is 3.17. The SMILES string of the molecule is CCc1ccc(Br)cc1C(=O)N1CCC(c2ncn[nH]2)C1. The highest BCUT2D eigenvalue weighted by atomic mass is 79.9. The van der Waals surface area contributed by atoms with Crippen molar-refractivity contribution in [2.24, 2.45) is 0 Å². The molecule has 2 heterocycles. The third kappa shape index (κ3) is 2.85. The molecular formula is C15H17BrN4O. The molecule has 2 aromatic rings. The lowest BCUT2D eigenvalue weighted by atomic mass is 10.0. The van der Waals surface area contributed by atoms with Crippen LogP contribution in [0.3, 0.4) is 0 Å². The number of aromatic nitrogens is 3. The molecule has 0 aliphatic carbocycles. The van der Waals surface area contributed by atoms with Gasteiger partial charge in [-0.3, -0.25) is 9.89 Å². The van der Waals surface area contributed by atoms with Gasteiger partial charge in [-0.25, -0.2) is 4.98 Å². The molecule has 21 heavy (non-hydrogen) atoms. The van der Waals surface area contributed by atoms with Crippen LogP contribution in [0.5, 0.6) is 0 Å². The molecule has 1 aliphatic rings. The van der Waals surface area contributed by atoms with Crippen LogP contribution >= 0.6 is 15.9 Å². The molecule has 0 saturated carbocycles. The number of nitrogens with one attached hydrogen (secondary N) is 1. The number of hydrogen-bond donors (Lipinski definition) is 1. The van der Waals surface area contributed by atoms with Crippen molar-refractivity contribution < 1.29 is 4.79 Å². The Kier molecular flexibility index (Phi) is 4.05. The van der Waals surface area contributed by atoms with Crippen LogP contribution in [0.4, 0.5) is 0 Å². The van der Waals surface area contributed by atoms with Crippen LogP contribution in [0.1, 0.15) is 41.0 Å². The van der Waals surface area contributed by atoms with Crippen molar-refractivity contribution in [2.45, 2.75) is 25.7 Å². The molecule has 1 amide bonds. The summed E-state index contributed by atoms with van der Waals surface area (Å²) in [6.07, 6.45) is 3.30. The first-order valence-electron chi connectivity index (χ1n) is 7.12. The lowest BCUT2D eigenvalue weighted by molar-refractivity contribution is 0.0789. The number of amides is 1. The first kappa shape index (κ1) is 14.3. The number of carbonyl (C=O) groups is 1. The Morgan fingerprint density at radius 1 is 1.52 bits per heavy atom. The van der Waals surface area contributed by atoms with Crippen LogP contribution in [-0.4, -0.2) is 39.1 Å². The van der Waals surface area contributed by atoms with E-state index in [1.807, 2.05) is 23.1 Å². The number of rotatable bonds is 3. The summed E-state index contributed by atoms with van der Waals surface area (Å²) in [4.78, 5) is 18.9. The topological polar surface area (TPSA) is 61.9 Å². The molecule has 1 saturated heterocycles. The Balaban J connectivity index is 1.79. The lowest BCUT2D eigenvalue weighted by Crippen LogP contribution is -2.29. The average Bonchev–Trinajstić information content (AvgIpc) is 3.17. The number of halogens is 1. The molecule has 1 aliphatic heterocycles. The summed E-state index contributed by atoms with van der Waals surface area (Å²) in [7, 11) is 0. The van der Waals surface area contributed by atoms with Crippen molar-refractivity contribution in [3.05, 3.63) is 46.0 Å². The van der Waals surface area contributed by atoms with E-state index in [-0.39, 0.29) is 11.8 Å². The molecule has 1 unspecified atom stereocenters. The van der Waals surface area contributed by atoms with Crippen LogP contribution in [0.2, 0.25) is 0 Å². The van der Waals surface area contributed by atoms with E-state index in [0.29, 0.717) is 6.54 Å². The summed E-state index contributed by atoms with van der Waals surface area (Å²) < 4.78 is 0.939. The fraction of sp³-hybridized carbons (Fsp3) is 0.400. The molecule has 1 N–H and O–H groups in total. The summed E-state index contributed by atoms with van der Waals surface area (Å²) in [5, 5.41) is 6.79. The van der Waals surface area contributed by atoms with Crippen LogP contribution in [-0.2, 0) is 6.42 Å². The van der Waals surface area contributed by atoms with Crippen LogP contribution in [0, 0.1) is 0 Å². The molecule has 5 nitrogen and oxygen atoms in total. The minimum Gasteiger partial charge on any atom is -0.338 e. The van der Waals surface area contributed by atoms with Crippen molar-refractivity contribution in [1.29, 1.82) is 0 Å². The quantitative estimate of drug-likeness (QED) is 0.927. The van der Waals surface area contributed by atoms with E-state index in [9.17, 15) is 4.79 Å². The van der Waals surface area contributed by atoms with Gasteiger partial charge in [-0.1, -0.05) is 28.9 Å². The smallest absolute Gasteiger partial charge is 0.254 e. The number of benzene rings is 1. The Bertz CT molecular complexity index is 641. The number of likely N-dealkylation sites (tertiary alicyclic amines) is 1. The lowest BCUT2D eigenvalue weighted by Gasteiger charge is -2.18. The van der Waals surface area contributed by atoms with E-state index >= 15 is 0 Å². The predicted octanol–water partition coefficient (Wildman–Crippen LogP) is 2.76. The first-order valence-corrected chi connectivity index (χ1v) is 7.91. The van der Waals surface area contributed by atoms with E-state index in [1.165, 1.54) is 6.33 Å². The Labute approximate surface area is 131 Å². The number of nitrogens with zero attached hydrogens (tertiary/aromatic N) is 3. The Morgan fingerprint density at radius 2 is 2.38 bits per heavy atom. The second-order valence-corrected chi connectivity index (χ2v) is 6.18. The fourth-order valence-electron chi connectivity index (χ4n) is 2.81. The van der Waals surface area contributed by atoms with E-state index in [0.717, 1.165) is 40.8 Å². The van der Waals surface area contributed by atoms with Crippen LogP contribution in [0.15, 0.2) is 29.0 Å². The van der Waals surface area contributed by atoms with Crippen molar-refractivity contribution in [1.82, 2.24) is 20.1 Å². The van der Waals surface area contributed by atoms with Gasteiger partial charge in [0.1, 0.15) is 12.2 Å². The number of hydrogen-bond acceptors (Lipinski definition) is 3. The average molecular weight is 349 g/mol.